The molecule has 4 nitrogen and oxygen atoms in total. The molecule has 0 aliphatic heterocycles. The smallest absolute Gasteiger partial charge is 0.330 e. The summed E-state index contributed by atoms with van der Waals surface area (Å²) in [7, 11) is 1.30. The van der Waals surface area contributed by atoms with Gasteiger partial charge in [0.2, 0.25) is 0 Å². The number of carbonyl (C=O) groups excluding carboxylic acids is 1. The lowest BCUT2D eigenvalue weighted by molar-refractivity contribution is -0.134. The van der Waals surface area contributed by atoms with E-state index in [1.165, 1.54) is 13.2 Å². The van der Waals surface area contributed by atoms with Gasteiger partial charge in [0.1, 0.15) is 0 Å². The van der Waals surface area contributed by atoms with Crippen molar-refractivity contribution in [2.75, 3.05) is 12.8 Å². The maximum atomic E-state index is 10.8. The van der Waals surface area contributed by atoms with Crippen LogP contribution in [0.3, 0.4) is 0 Å². The first-order valence-electron chi connectivity index (χ1n) is 4.23. The number of benzene rings is 1. The third-order valence-electron chi connectivity index (χ3n) is 1.82. The first-order valence-corrected chi connectivity index (χ1v) is 4.23. The van der Waals surface area contributed by atoms with E-state index in [0.717, 1.165) is 0 Å². The molecule has 0 atom stereocenters. The summed E-state index contributed by atoms with van der Waals surface area (Å²) in [4.78, 5) is 10.8. The first-order chi connectivity index (χ1) is 7.17. The summed E-state index contributed by atoms with van der Waals surface area (Å²) in [5, 5.41) is 8.61. The van der Waals surface area contributed by atoms with Crippen LogP contribution >= 0.6 is 0 Å². The predicted molar refractivity (Wildman–Crippen MR) is 56.6 cm³/mol. The van der Waals surface area contributed by atoms with Crippen LogP contribution in [0.15, 0.2) is 24.3 Å². The van der Waals surface area contributed by atoms with Crippen molar-refractivity contribution in [1.29, 1.82) is 5.26 Å². The second-order valence-electron chi connectivity index (χ2n) is 2.81. The van der Waals surface area contributed by atoms with Crippen molar-refractivity contribution >= 4 is 17.7 Å². The maximum absolute atomic E-state index is 10.8. The van der Waals surface area contributed by atoms with Crippen LogP contribution in [0.5, 0.6) is 0 Å². The SMILES string of the molecule is COC(=O)/C=C/c1ccc(C#N)cc1N. The van der Waals surface area contributed by atoms with Crippen molar-refractivity contribution in [2.24, 2.45) is 0 Å². The highest BCUT2D eigenvalue weighted by atomic mass is 16.5. The van der Waals surface area contributed by atoms with Crippen LogP contribution < -0.4 is 5.73 Å². The number of nitrogens with two attached hydrogens (primary N) is 1. The molecule has 0 amide bonds. The molecular weight excluding hydrogens is 192 g/mol. The molecule has 15 heavy (non-hydrogen) atoms. The molecule has 4 heteroatoms. The lowest BCUT2D eigenvalue weighted by Crippen LogP contribution is -1.95. The average Bonchev–Trinajstić information content (AvgIpc) is 2.26. The quantitative estimate of drug-likeness (QED) is 0.446. The van der Waals surface area contributed by atoms with Gasteiger partial charge in [-0.05, 0) is 23.8 Å². The van der Waals surface area contributed by atoms with Crippen molar-refractivity contribution in [3.05, 3.63) is 35.4 Å². The maximum Gasteiger partial charge on any atom is 0.330 e. The Morgan fingerprint density at radius 2 is 2.33 bits per heavy atom. The summed E-state index contributed by atoms with van der Waals surface area (Å²) in [6.07, 6.45) is 2.82. The molecule has 0 saturated heterocycles. The van der Waals surface area contributed by atoms with E-state index < -0.39 is 5.97 Å². The van der Waals surface area contributed by atoms with Gasteiger partial charge in [0.15, 0.2) is 0 Å². The first kappa shape index (κ1) is 10.8. The largest absolute Gasteiger partial charge is 0.466 e. The Kier molecular flexibility index (Phi) is 3.47. The molecule has 0 aromatic heterocycles. The second kappa shape index (κ2) is 4.82. The van der Waals surface area contributed by atoms with Crippen molar-refractivity contribution < 1.29 is 9.53 Å². The molecule has 1 aromatic rings. The van der Waals surface area contributed by atoms with Gasteiger partial charge in [-0.3, -0.25) is 0 Å². The van der Waals surface area contributed by atoms with E-state index in [0.29, 0.717) is 16.8 Å². The number of nitrogen functional groups attached to an aromatic ring is 1. The third kappa shape index (κ3) is 2.85. The number of hydrogen-bond acceptors (Lipinski definition) is 4. The molecule has 0 unspecified atom stereocenters. The molecule has 0 aliphatic carbocycles. The summed E-state index contributed by atoms with van der Waals surface area (Å²) in [6.45, 7) is 0. The lowest BCUT2D eigenvalue weighted by Gasteiger charge is -1.99. The van der Waals surface area contributed by atoms with E-state index in [2.05, 4.69) is 4.74 Å². The fourth-order valence-electron chi connectivity index (χ4n) is 1.02. The van der Waals surface area contributed by atoms with Crippen molar-refractivity contribution in [3.63, 3.8) is 0 Å². The Morgan fingerprint density at radius 3 is 2.87 bits per heavy atom. The summed E-state index contributed by atoms with van der Waals surface area (Å²) in [6, 6.07) is 6.83. The monoisotopic (exact) mass is 202 g/mol. The van der Waals surface area contributed by atoms with Gasteiger partial charge in [-0.15, -0.1) is 0 Å². The van der Waals surface area contributed by atoms with Crippen LogP contribution in [0, 0.1) is 11.3 Å². The number of carbonyl (C=O) groups is 1. The van der Waals surface area contributed by atoms with Gasteiger partial charge < -0.3 is 10.5 Å². The van der Waals surface area contributed by atoms with E-state index >= 15 is 0 Å². The molecular formula is C11H10N2O2. The predicted octanol–water partition coefficient (Wildman–Crippen LogP) is 1.33. The topological polar surface area (TPSA) is 76.1 Å². The Bertz CT molecular complexity index is 444. The van der Waals surface area contributed by atoms with E-state index in [-0.39, 0.29) is 0 Å². The molecule has 2 N–H and O–H groups in total. The number of nitrogens with zero attached hydrogens (tertiary/aromatic N) is 1. The zero-order valence-corrected chi connectivity index (χ0v) is 8.23. The van der Waals surface area contributed by atoms with Crippen LogP contribution in [-0.2, 0) is 9.53 Å². The Hall–Kier alpha value is -2.28. The molecule has 0 spiro atoms. The third-order valence-corrected chi connectivity index (χ3v) is 1.82. The highest BCUT2D eigenvalue weighted by Crippen LogP contribution is 2.15. The van der Waals surface area contributed by atoms with Crippen LogP contribution in [0.2, 0.25) is 0 Å². The molecule has 1 aromatic carbocycles. The molecule has 0 saturated carbocycles. The zero-order valence-electron chi connectivity index (χ0n) is 8.23. The van der Waals surface area contributed by atoms with Crippen LogP contribution in [0.1, 0.15) is 11.1 Å². The normalized spacial score (nSPS) is 9.87. The minimum atomic E-state index is -0.446. The fourth-order valence-corrected chi connectivity index (χ4v) is 1.02. The highest BCUT2D eigenvalue weighted by Gasteiger charge is 1.98. The summed E-state index contributed by atoms with van der Waals surface area (Å²) < 4.78 is 4.44. The molecule has 0 radical (unpaired) electrons. The van der Waals surface area contributed by atoms with Crippen molar-refractivity contribution in [1.82, 2.24) is 0 Å². The van der Waals surface area contributed by atoms with Gasteiger partial charge in [0, 0.05) is 11.8 Å². The minimum Gasteiger partial charge on any atom is -0.466 e. The van der Waals surface area contributed by atoms with Crippen LogP contribution in [0.25, 0.3) is 6.08 Å². The number of hydrogen-bond donors (Lipinski definition) is 1. The van der Waals surface area contributed by atoms with E-state index in [9.17, 15) is 4.79 Å². The van der Waals surface area contributed by atoms with Gasteiger partial charge in [-0.2, -0.15) is 5.26 Å². The number of ether oxygens (including phenoxy) is 1. The van der Waals surface area contributed by atoms with Gasteiger partial charge in [-0.1, -0.05) is 6.07 Å². The Morgan fingerprint density at radius 1 is 1.60 bits per heavy atom. The molecule has 0 fully saturated rings. The number of anilines is 1. The lowest BCUT2D eigenvalue weighted by atomic mass is 10.1. The molecule has 0 aliphatic rings. The molecule has 1 rings (SSSR count). The summed E-state index contributed by atoms with van der Waals surface area (Å²) in [5.74, 6) is -0.446. The summed E-state index contributed by atoms with van der Waals surface area (Å²) in [5.41, 5.74) is 7.29. The average molecular weight is 202 g/mol. The van der Waals surface area contributed by atoms with Crippen LogP contribution in [0.4, 0.5) is 5.69 Å². The fraction of sp³-hybridized carbons (Fsp3) is 0.0909. The highest BCUT2D eigenvalue weighted by molar-refractivity contribution is 5.88. The van der Waals surface area contributed by atoms with Crippen molar-refractivity contribution in [3.8, 4) is 6.07 Å². The van der Waals surface area contributed by atoms with Gasteiger partial charge in [0.25, 0.3) is 0 Å². The minimum absolute atomic E-state index is 0.446. The molecule has 0 heterocycles. The van der Waals surface area contributed by atoms with Crippen LogP contribution in [-0.4, -0.2) is 13.1 Å². The number of rotatable bonds is 2. The summed E-state index contributed by atoms with van der Waals surface area (Å²) >= 11 is 0. The van der Waals surface area contributed by atoms with E-state index in [1.807, 2.05) is 6.07 Å². The van der Waals surface area contributed by atoms with Gasteiger partial charge in [-0.25, -0.2) is 4.79 Å². The Balaban J connectivity index is 2.93. The molecule has 76 valence electrons. The second-order valence-corrected chi connectivity index (χ2v) is 2.81. The van der Waals surface area contributed by atoms with Crippen molar-refractivity contribution in [2.45, 2.75) is 0 Å². The number of esters is 1. The zero-order chi connectivity index (χ0) is 11.3. The van der Waals surface area contributed by atoms with Gasteiger partial charge >= 0.3 is 5.97 Å². The number of nitriles is 1. The Labute approximate surface area is 87.6 Å². The standard InChI is InChI=1S/C11H10N2O2/c1-15-11(14)5-4-9-3-2-8(7-12)6-10(9)13/h2-6H,13H2,1H3/b5-4+. The van der Waals surface area contributed by atoms with E-state index in [1.54, 1.807) is 24.3 Å². The molecule has 0 bridgehead atoms. The number of methoxy groups -OCH3 is 1. The van der Waals surface area contributed by atoms with Gasteiger partial charge in [0.05, 0.1) is 18.7 Å². The van der Waals surface area contributed by atoms with E-state index in [4.69, 9.17) is 11.0 Å².